The lowest BCUT2D eigenvalue weighted by Crippen LogP contribution is -2.40. The van der Waals surface area contributed by atoms with E-state index in [1.807, 2.05) is 13.0 Å². The lowest BCUT2D eigenvalue weighted by atomic mass is 9.86. The summed E-state index contributed by atoms with van der Waals surface area (Å²) in [5, 5.41) is 3.59. The van der Waals surface area contributed by atoms with Crippen molar-refractivity contribution in [3.8, 4) is 0 Å². The molecule has 0 bridgehead atoms. The molecule has 19 heavy (non-hydrogen) atoms. The number of benzene rings is 1. The molecule has 2 rings (SSSR count). The second-order valence-corrected chi connectivity index (χ2v) is 5.39. The second kappa shape index (κ2) is 7.01. The Kier molecular flexibility index (Phi) is 5.34. The Bertz CT molecular complexity index is 402. The first-order valence-corrected chi connectivity index (χ1v) is 7.27. The molecule has 1 atom stereocenters. The molecular weight excluding hydrogens is 241 g/mol. The normalized spacial score (nSPS) is 18.5. The zero-order valence-electron chi connectivity index (χ0n) is 11.9. The zero-order valence-corrected chi connectivity index (χ0v) is 11.9. The van der Waals surface area contributed by atoms with Gasteiger partial charge < -0.3 is 10.1 Å². The fourth-order valence-corrected chi connectivity index (χ4v) is 2.91. The van der Waals surface area contributed by atoms with Gasteiger partial charge in [0, 0.05) is 19.3 Å². The Balaban J connectivity index is 2.06. The van der Waals surface area contributed by atoms with Crippen LogP contribution in [0, 0.1) is 18.7 Å². The molecule has 1 aromatic rings. The number of rotatable bonds is 5. The van der Waals surface area contributed by atoms with E-state index in [0.717, 1.165) is 44.6 Å². The van der Waals surface area contributed by atoms with E-state index in [-0.39, 0.29) is 5.82 Å². The minimum Gasteiger partial charge on any atom is -0.381 e. The average molecular weight is 265 g/mol. The number of aryl methyl sites for hydroxylation is 1. The fraction of sp³-hybridized carbons (Fsp3) is 0.625. The highest BCUT2D eigenvalue weighted by atomic mass is 19.1. The van der Waals surface area contributed by atoms with Crippen LogP contribution in [0.4, 0.5) is 4.39 Å². The van der Waals surface area contributed by atoms with Gasteiger partial charge in [0.05, 0.1) is 0 Å². The van der Waals surface area contributed by atoms with E-state index in [4.69, 9.17) is 4.74 Å². The number of hydrogen-bond donors (Lipinski definition) is 1. The number of nitrogens with one attached hydrogen (secondary N) is 1. The van der Waals surface area contributed by atoms with Gasteiger partial charge in [-0.05, 0) is 61.9 Å². The maximum atomic E-state index is 13.2. The highest BCUT2D eigenvalue weighted by molar-refractivity contribution is 5.27. The van der Waals surface area contributed by atoms with E-state index in [9.17, 15) is 4.39 Å². The number of hydrogen-bond acceptors (Lipinski definition) is 2. The van der Waals surface area contributed by atoms with Crippen molar-refractivity contribution in [2.45, 2.75) is 39.2 Å². The van der Waals surface area contributed by atoms with Crippen molar-refractivity contribution < 1.29 is 9.13 Å². The summed E-state index contributed by atoms with van der Waals surface area (Å²) in [6, 6.07) is 5.59. The van der Waals surface area contributed by atoms with Crippen LogP contribution < -0.4 is 5.32 Å². The molecule has 0 aliphatic carbocycles. The zero-order chi connectivity index (χ0) is 13.7. The average Bonchev–Trinajstić information content (AvgIpc) is 2.42. The molecule has 1 unspecified atom stereocenters. The summed E-state index contributed by atoms with van der Waals surface area (Å²) in [5.41, 5.74) is 2.30. The van der Waals surface area contributed by atoms with Crippen molar-refractivity contribution in [2.24, 2.45) is 5.92 Å². The quantitative estimate of drug-likeness (QED) is 0.883. The standard InChI is InChI=1S/C16H24FNO/c1-3-18-16(13-6-8-19-9-7-13)11-14-4-5-15(17)10-12(14)2/h4-5,10,13,16,18H,3,6-9,11H2,1-2H3. The van der Waals surface area contributed by atoms with Crippen molar-refractivity contribution in [1.29, 1.82) is 0 Å². The smallest absolute Gasteiger partial charge is 0.123 e. The van der Waals surface area contributed by atoms with Crippen LogP contribution in [0.5, 0.6) is 0 Å². The molecule has 1 heterocycles. The molecule has 2 nitrogen and oxygen atoms in total. The van der Waals surface area contributed by atoms with Gasteiger partial charge in [-0.1, -0.05) is 13.0 Å². The van der Waals surface area contributed by atoms with Crippen LogP contribution in [0.15, 0.2) is 18.2 Å². The van der Waals surface area contributed by atoms with Crippen LogP contribution in [0.25, 0.3) is 0 Å². The molecule has 0 spiro atoms. The SMILES string of the molecule is CCNC(Cc1ccc(F)cc1C)C1CCOCC1. The molecule has 1 fully saturated rings. The maximum Gasteiger partial charge on any atom is 0.123 e. The van der Waals surface area contributed by atoms with Gasteiger partial charge in [-0.15, -0.1) is 0 Å². The first-order valence-electron chi connectivity index (χ1n) is 7.27. The molecule has 1 saturated heterocycles. The van der Waals surface area contributed by atoms with Crippen LogP contribution in [0.1, 0.15) is 30.9 Å². The third-order valence-corrected chi connectivity index (χ3v) is 4.05. The van der Waals surface area contributed by atoms with Gasteiger partial charge in [0.1, 0.15) is 5.82 Å². The van der Waals surface area contributed by atoms with Gasteiger partial charge in [-0.25, -0.2) is 4.39 Å². The number of ether oxygens (including phenoxy) is 1. The summed E-state index contributed by atoms with van der Waals surface area (Å²) < 4.78 is 18.6. The molecule has 0 amide bonds. The molecule has 106 valence electrons. The fourth-order valence-electron chi connectivity index (χ4n) is 2.91. The van der Waals surface area contributed by atoms with E-state index >= 15 is 0 Å². The van der Waals surface area contributed by atoms with E-state index in [0.29, 0.717) is 12.0 Å². The van der Waals surface area contributed by atoms with Crippen LogP contribution in [0.3, 0.4) is 0 Å². The Hall–Kier alpha value is -0.930. The summed E-state index contributed by atoms with van der Waals surface area (Å²) in [6.45, 7) is 6.85. The van der Waals surface area contributed by atoms with Crippen molar-refractivity contribution in [3.63, 3.8) is 0 Å². The van der Waals surface area contributed by atoms with Gasteiger partial charge in [-0.3, -0.25) is 0 Å². The van der Waals surface area contributed by atoms with Crippen LogP contribution in [0.2, 0.25) is 0 Å². The Morgan fingerprint density at radius 3 is 2.74 bits per heavy atom. The number of halogens is 1. The molecule has 1 aliphatic rings. The molecule has 3 heteroatoms. The van der Waals surface area contributed by atoms with Gasteiger partial charge >= 0.3 is 0 Å². The van der Waals surface area contributed by atoms with E-state index in [1.54, 1.807) is 12.1 Å². The highest BCUT2D eigenvalue weighted by Gasteiger charge is 2.23. The van der Waals surface area contributed by atoms with Crippen molar-refractivity contribution in [1.82, 2.24) is 5.32 Å². The molecule has 0 aromatic heterocycles. The minimum absolute atomic E-state index is 0.146. The van der Waals surface area contributed by atoms with E-state index in [2.05, 4.69) is 12.2 Å². The molecule has 1 aromatic carbocycles. The predicted molar refractivity (Wildman–Crippen MR) is 75.8 cm³/mol. The Morgan fingerprint density at radius 1 is 1.37 bits per heavy atom. The summed E-state index contributed by atoms with van der Waals surface area (Å²) in [5.74, 6) is 0.519. The Morgan fingerprint density at radius 2 is 2.11 bits per heavy atom. The van der Waals surface area contributed by atoms with Crippen LogP contribution in [-0.2, 0) is 11.2 Å². The highest BCUT2D eigenvalue weighted by Crippen LogP contribution is 2.23. The van der Waals surface area contributed by atoms with E-state index < -0.39 is 0 Å². The number of likely N-dealkylation sites (N-methyl/N-ethyl adjacent to an activating group) is 1. The lowest BCUT2D eigenvalue weighted by molar-refractivity contribution is 0.0539. The van der Waals surface area contributed by atoms with E-state index in [1.165, 1.54) is 5.56 Å². The van der Waals surface area contributed by atoms with Crippen molar-refractivity contribution >= 4 is 0 Å². The van der Waals surface area contributed by atoms with Gasteiger partial charge in [0.2, 0.25) is 0 Å². The van der Waals surface area contributed by atoms with Crippen LogP contribution >= 0.6 is 0 Å². The third kappa shape index (κ3) is 4.02. The Labute approximate surface area is 115 Å². The summed E-state index contributed by atoms with van der Waals surface area (Å²) >= 11 is 0. The first-order chi connectivity index (χ1) is 9.20. The molecule has 1 aliphatic heterocycles. The van der Waals surface area contributed by atoms with Crippen molar-refractivity contribution in [2.75, 3.05) is 19.8 Å². The summed E-state index contributed by atoms with van der Waals surface area (Å²) in [6.07, 6.45) is 3.22. The third-order valence-electron chi connectivity index (χ3n) is 4.05. The largest absolute Gasteiger partial charge is 0.381 e. The second-order valence-electron chi connectivity index (χ2n) is 5.39. The first kappa shape index (κ1) is 14.5. The lowest BCUT2D eigenvalue weighted by Gasteiger charge is -2.31. The predicted octanol–water partition coefficient (Wildman–Crippen LogP) is 3.08. The summed E-state index contributed by atoms with van der Waals surface area (Å²) in [7, 11) is 0. The van der Waals surface area contributed by atoms with Gasteiger partial charge in [0.25, 0.3) is 0 Å². The van der Waals surface area contributed by atoms with Gasteiger partial charge in [0.15, 0.2) is 0 Å². The summed E-state index contributed by atoms with van der Waals surface area (Å²) in [4.78, 5) is 0. The molecular formula is C16H24FNO. The topological polar surface area (TPSA) is 21.3 Å². The molecule has 0 saturated carbocycles. The maximum absolute atomic E-state index is 13.2. The monoisotopic (exact) mass is 265 g/mol. The van der Waals surface area contributed by atoms with Crippen LogP contribution in [-0.4, -0.2) is 25.8 Å². The minimum atomic E-state index is -0.146. The van der Waals surface area contributed by atoms with Gasteiger partial charge in [-0.2, -0.15) is 0 Å². The molecule has 0 radical (unpaired) electrons. The molecule has 1 N–H and O–H groups in total. The van der Waals surface area contributed by atoms with Crippen molar-refractivity contribution in [3.05, 3.63) is 35.1 Å².